The summed E-state index contributed by atoms with van der Waals surface area (Å²) in [6.07, 6.45) is 4.45. The van der Waals surface area contributed by atoms with Crippen molar-refractivity contribution in [2.45, 2.75) is 38.3 Å². The second kappa shape index (κ2) is 5.07. The Morgan fingerprint density at radius 3 is 3.25 bits per heavy atom. The van der Waals surface area contributed by atoms with Crippen molar-refractivity contribution >= 4 is 5.97 Å². The lowest BCUT2D eigenvalue weighted by molar-refractivity contribution is -0.137. The summed E-state index contributed by atoms with van der Waals surface area (Å²) in [5.41, 5.74) is 0. The van der Waals surface area contributed by atoms with E-state index < -0.39 is 5.97 Å². The molecule has 2 rings (SSSR count). The Morgan fingerprint density at radius 1 is 1.69 bits per heavy atom. The minimum atomic E-state index is -0.772. The van der Waals surface area contributed by atoms with E-state index in [0.717, 1.165) is 25.3 Å². The topological polar surface area (TPSA) is 77.2 Å². The Labute approximate surface area is 93.2 Å². The van der Waals surface area contributed by atoms with Crippen LogP contribution < -0.4 is 0 Å². The predicted octanol–water partition coefficient (Wildman–Crippen LogP) is 0.994. The van der Waals surface area contributed by atoms with Crippen molar-refractivity contribution in [1.29, 1.82) is 0 Å². The maximum absolute atomic E-state index is 10.4. The lowest BCUT2D eigenvalue weighted by atomic mass is 10.2. The summed E-state index contributed by atoms with van der Waals surface area (Å²) in [5.74, 6) is 0.0506. The van der Waals surface area contributed by atoms with Crippen LogP contribution in [0.25, 0.3) is 0 Å². The van der Waals surface area contributed by atoms with Crippen LogP contribution in [-0.4, -0.2) is 32.4 Å². The Morgan fingerprint density at radius 2 is 2.56 bits per heavy atom. The maximum Gasteiger partial charge on any atom is 0.303 e. The van der Waals surface area contributed by atoms with Crippen LogP contribution in [0.3, 0.4) is 0 Å². The summed E-state index contributed by atoms with van der Waals surface area (Å²) in [5, 5.41) is 16.4. The van der Waals surface area contributed by atoms with Crippen LogP contribution in [0.1, 0.15) is 37.6 Å². The van der Waals surface area contributed by atoms with E-state index in [1.807, 2.05) is 4.57 Å². The largest absolute Gasteiger partial charge is 0.481 e. The van der Waals surface area contributed by atoms with Crippen molar-refractivity contribution in [3.63, 3.8) is 0 Å². The second-order valence-corrected chi connectivity index (χ2v) is 3.88. The zero-order valence-electron chi connectivity index (χ0n) is 9.00. The molecule has 1 aliphatic rings. The molecule has 1 N–H and O–H groups in total. The van der Waals surface area contributed by atoms with E-state index in [1.165, 1.54) is 0 Å². The van der Waals surface area contributed by atoms with E-state index >= 15 is 0 Å². The molecule has 0 aliphatic carbocycles. The quantitative estimate of drug-likeness (QED) is 0.808. The van der Waals surface area contributed by atoms with Crippen LogP contribution in [0.2, 0.25) is 0 Å². The van der Waals surface area contributed by atoms with Crippen LogP contribution in [0, 0.1) is 0 Å². The van der Waals surface area contributed by atoms with Crippen LogP contribution >= 0.6 is 0 Å². The zero-order chi connectivity index (χ0) is 11.4. The minimum absolute atomic E-state index is 0.0346. The molecule has 6 heteroatoms. The molecule has 6 nitrogen and oxygen atoms in total. The van der Waals surface area contributed by atoms with Gasteiger partial charge in [0.05, 0.1) is 0 Å². The summed E-state index contributed by atoms with van der Waals surface area (Å²) in [6.45, 7) is 1.40. The minimum Gasteiger partial charge on any atom is -0.481 e. The average Bonchev–Trinajstić information content (AvgIpc) is 2.84. The summed E-state index contributed by atoms with van der Waals surface area (Å²) >= 11 is 0. The van der Waals surface area contributed by atoms with E-state index in [2.05, 4.69) is 10.2 Å². The molecule has 16 heavy (non-hydrogen) atoms. The average molecular weight is 225 g/mol. The number of rotatable bonds is 5. The van der Waals surface area contributed by atoms with Gasteiger partial charge in [-0.2, -0.15) is 0 Å². The van der Waals surface area contributed by atoms with Crippen LogP contribution in [0.4, 0.5) is 0 Å². The molecule has 1 fully saturated rings. The third-order valence-electron chi connectivity index (χ3n) is 2.65. The molecule has 1 saturated heterocycles. The molecule has 1 aromatic heterocycles. The van der Waals surface area contributed by atoms with Gasteiger partial charge in [-0.1, -0.05) is 0 Å². The molecule has 0 spiro atoms. The van der Waals surface area contributed by atoms with Gasteiger partial charge in [-0.15, -0.1) is 10.2 Å². The molecule has 1 unspecified atom stereocenters. The third kappa shape index (κ3) is 2.57. The molecule has 1 aliphatic heterocycles. The molecular formula is C10H15N3O3. The number of hydrogen-bond donors (Lipinski definition) is 1. The first-order valence-corrected chi connectivity index (χ1v) is 5.48. The number of carboxylic acids is 1. The fourth-order valence-electron chi connectivity index (χ4n) is 1.87. The summed E-state index contributed by atoms with van der Waals surface area (Å²) in [6, 6.07) is 0. The fraction of sp³-hybridized carbons (Fsp3) is 0.700. The van der Waals surface area contributed by atoms with E-state index in [9.17, 15) is 4.79 Å². The van der Waals surface area contributed by atoms with Crippen molar-refractivity contribution in [2.75, 3.05) is 6.61 Å². The smallest absolute Gasteiger partial charge is 0.303 e. The highest BCUT2D eigenvalue weighted by atomic mass is 16.5. The number of carbonyl (C=O) groups is 1. The molecule has 0 amide bonds. The lowest BCUT2D eigenvalue weighted by Crippen LogP contribution is -2.09. The summed E-state index contributed by atoms with van der Waals surface area (Å²) < 4.78 is 7.41. The standard InChI is InChI=1S/C10H15N3O3/c14-9(15)4-1-5-13-7-11-12-10(13)8-3-2-6-16-8/h7-8H,1-6H2,(H,14,15). The highest BCUT2D eigenvalue weighted by molar-refractivity contribution is 5.66. The fourth-order valence-corrected chi connectivity index (χ4v) is 1.87. The van der Waals surface area contributed by atoms with Gasteiger partial charge >= 0.3 is 5.97 Å². The second-order valence-electron chi connectivity index (χ2n) is 3.88. The van der Waals surface area contributed by atoms with Gasteiger partial charge in [0.15, 0.2) is 5.82 Å². The first kappa shape index (κ1) is 11.1. The number of hydrogen-bond acceptors (Lipinski definition) is 4. The Bertz CT molecular complexity index is 358. The zero-order valence-corrected chi connectivity index (χ0v) is 9.00. The highest BCUT2D eigenvalue weighted by Crippen LogP contribution is 2.26. The molecular weight excluding hydrogens is 210 g/mol. The lowest BCUT2D eigenvalue weighted by Gasteiger charge is -2.10. The summed E-state index contributed by atoms with van der Waals surface area (Å²) in [7, 11) is 0. The predicted molar refractivity (Wildman–Crippen MR) is 54.8 cm³/mol. The Balaban J connectivity index is 1.93. The van der Waals surface area contributed by atoms with E-state index in [4.69, 9.17) is 9.84 Å². The molecule has 1 aromatic rings. The van der Waals surface area contributed by atoms with E-state index in [0.29, 0.717) is 13.0 Å². The van der Waals surface area contributed by atoms with E-state index in [-0.39, 0.29) is 12.5 Å². The van der Waals surface area contributed by atoms with Gasteiger partial charge in [0.1, 0.15) is 12.4 Å². The number of ether oxygens (including phenoxy) is 1. The Kier molecular flexibility index (Phi) is 3.51. The van der Waals surface area contributed by atoms with Crippen LogP contribution in [0.5, 0.6) is 0 Å². The molecule has 0 saturated carbocycles. The number of carboxylic acid groups (broad SMARTS) is 1. The monoisotopic (exact) mass is 225 g/mol. The number of aryl methyl sites for hydroxylation is 1. The van der Waals surface area contributed by atoms with Gasteiger partial charge < -0.3 is 14.4 Å². The highest BCUT2D eigenvalue weighted by Gasteiger charge is 2.22. The molecule has 2 heterocycles. The molecule has 88 valence electrons. The SMILES string of the molecule is O=C(O)CCCn1cnnc1C1CCCO1. The van der Waals surface area contributed by atoms with Crippen molar-refractivity contribution in [3.8, 4) is 0 Å². The van der Waals surface area contributed by atoms with Gasteiger partial charge in [0.25, 0.3) is 0 Å². The van der Waals surface area contributed by atoms with Gasteiger partial charge in [0, 0.05) is 19.6 Å². The van der Waals surface area contributed by atoms with Crippen molar-refractivity contribution in [2.24, 2.45) is 0 Å². The molecule has 0 bridgehead atoms. The summed E-state index contributed by atoms with van der Waals surface area (Å²) in [4.78, 5) is 10.4. The molecule has 1 atom stereocenters. The number of aliphatic carboxylic acids is 1. The number of nitrogens with zero attached hydrogens (tertiary/aromatic N) is 3. The van der Waals surface area contributed by atoms with E-state index in [1.54, 1.807) is 6.33 Å². The van der Waals surface area contributed by atoms with Gasteiger partial charge in [-0.25, -0.2) is 0 Å². The number of aromatic nitrogens is 3. The first-order valence-electron chi connectivity index (χ1n) is 5.48. The van der Waals surface area contributed by atoms with Crippen LogP contribution in [0.15, 0.2) is 6.33 Å². The first-order chi connectivity index (χ1) is 7.77. The van der Waals surface area contributed by atoms with Crippen LogP contribution in [-0.2, 0) is 16.1 Å². The molecule has 0 radical (unpaired) electrons. The van der Waals surface area contributed by atoms with Crippen molar-refractivity contribution in [1.82, 2.24) is 14.8 Å². The maximum atomic E-state index is 10.4. The third-order valence-corrected chi connectivity index (χ3v) is 2.65. The normalized spacial score (nSPS) is 20.1. The Hall–Kier alpha value is -1.43. The van der Waals surface area contributed by atoms with Crippen molar-refractivity contribution < 1.29 is 14.6 Å². The molecule has 0 aromatic carbocycles. The van der Waals surface area contributed by atoms with Gasteiger partial charge in [0.2, 0.25) is 0 Å². The van der Waals surface area contributed by atoms with Crippen molar-refractivity contribution in [3.05, 3.63) is 12.2 Å². The van der Waals surface area contributed by atoms with Gasteiger partial charge in [-0.3, -0.25) is 4.79 Å². The van der Waals surface area contributed by atoms with Gasteiger partial charge in [-0.05, 0) is 19.3 Å².